The molecule has 0 aliphatic carbocycles. The minimum atomic E-state index is -0.690. The molecule has 0 aromatic heterocycles. The van der Waals surface area contributed by atoms with Crippen LogP contribution in [0, 0.1) is 5.92 Å². The number of hydrogen-bond acceptors (Lipinski definition) is 5. The summed E-state index contributed by atoms with van der Waals surface area (Å²) in [5, 5.41) is 22.1. The maximum atomic E-state index is 12.4. The van der Waals surface area contributed by atoms with Gasteiger partial charge < -0.3 is 14.9 Å². The number of anilines is 1. The Kier molecular flexibility index (Phi) is 7.81. The van der Waals surface area contributed by atoms with E-state index >= 15 is 0 Å². The monoisotopic (exact) mass is 439 g/mol. The van der Waals surface area contributed by atoms with Crippen LogP contribution in [0.1, 0.15) is 25.0 Å². The van der Waals surface area contributed by atoms with Crippen molar-refractivity contribution < 1.29 is 19.7 Å². The smallest absolute Gasteiger partial charge is 0.412 e. The molecule has 7 heteroatoms. The number of carbonyl (C=O) groups is 1. The van der Waals surface area contributed by atoms with Gasteiger partial charge in [0.1, 0.15) is 11.9 Å². The normalized spacial score (nSPS) is 13.1. The van der Waals surface area contributed by atoms with E-state index in [1.54, 1.807) is 42.1 Å². The first-order valence-electron chi connectivity index (χ1n) is 8.15. The highest BCUT2D eigenvalue weighted by atomic mass is 79.9. The number of nitrogens with one attached hydrogen (secondary N) is 1. The molecule has 0 unspecified atom stereocenters. The van der Waals surface area contributed by atoms with Gasteiger partial charge in [0.15, 0.2) is 0 Å². The molecule has 140 valence electrons. The van der Waals surface area contributed by atoms with Crippen molar-refractivity contribution in [2.45, 2.75) is 24.3 Å². The van der Waals surface area contributed by atoms with Gasteiger partial charge in [0.05, 0.1) is 0 Å². The third kappa shape index (κ3) is 5.65. The zero-order valence-electron chi connectivity index (χ0n) is 14.6. The van der Waals surface area contributed by atoms with Crippen LogP contribution in [0.25, 0.3) is 0 Å². The molecule has 0 saturated heterocycles. The second-order valence-electron chi connectivity index (χ2n) is 5.87. The first-order valence-corrected chi connectivity index (χ1v) is 10.2. The summed E-state index contributed by atoms with van der Waals surface area (Å²) in [6, 6.07) is 12.4. The number of carbonyl (C=O) groups excluding carboxylic acids is 1. The zero-order valence-corrected chi connectivity index (χ0v) is 17.0. The lowest BCUT2D eigenvalue weighted by atomic mass is 9.94. The van der Waals surface area contributed by atoms with E-state index in [0.29, 0.717) is 17.7 Å². The van der Waals surface area contributed by atoms with Crippen molar-refractivity contribution >= 4 is 39.5 Å². The number of halogens is 1. The summed E-state index contributed by atoms with van der Waals surface area (Å²) in [5.41, 5.74) is 1.12. The third-order valence-electron chi connectivity index (χ3n) is 3.97. The Balaban J connectivity index is 2.17. The molecule has 2 aromatic rings. The number of benzene rings is 2. The fraction of sp³-hybridized carbons (Fsp3) is 0.316. The van der Waals surface area contributed by atoms with Crippen molar-refractivity contribution in [1.82, 2.24) is 0 Å². The fourth-order valence-corrected chi connectivity index (χ4v) is 3.32. The number of thioether (sulfide) groups is 1. The molecular formula is C19H22BrNO4S. The van der Waals surface area contributed by atoms with Gasteiger partial charge >= 0.3 is 6.09 Å². The molecule has 2 rings (SSSR count). The molecule has 2 atom stereocenters. The lowest BCUT2D eigenvalue weighted by molar-refractivity contribution is 0.0652. The average Bonchev–Trinajstić information content (AvgIpc) is 2.62. The van der Waals surface area contributed by atoms with Crippen molar-refractivity contribution in [1.29, 1.82) is 0 Å². The lowest BCUT2D eigenvalue weighted by Gasteiger charge is -2.25. The van der Waals surface area contributed by atoms with E-state index < -0.39 is 12.2 Å². The number of amides is 1. The van der Waals surface area contributed by atoms with Gasteiger partial charge in [-0.3, -0.25) is 5.32 Å². The molecule has 0 heterocycles. The average molecular weight is 440 g/mol. The maximum Gasteiger partial charge on any atom is 0.412 e. The highest BCUT2D eigenvalue weighted by Crippen LogP contribution is 2.36. The second kappa shape index (κ2) is 9.85. The molecule has 3 N–H and O–H groups in total. The number of ether oxygens (including phenoxy) is 1. The zero-order chi connectivity index (χ0) is 19.1. The van der Waals surface area contributed by atoms with Crippen LogP contribution in [0.5, 0.6) is 5.75 Å². The molecule has 0 aliphatic heterocycles. The van der Waals surface area contributed by atoms with Crippen LogP contribution in [0.3, 0.4) is 0 Å². The molecule has 1 amide bonds. The van der Waals surface area contributed by atoms with Crippen molar-refractivity contribution in [2.75, 3.05) is 18.2 Å². The van der Waals surface area contributed by atoms with Crippen LogP contribution >= 0.6 is 27.7 Å². The quantitative estimate of drug-likeness (QED) is 0.517. The van der Waals surface area contributed by atoms with Crippen LogP contribution in [-0.4, -0.2) is 29.2 Å². The Morgan fingerprint density at radius 2 is 1.96 bits per heavy atom. The molecule has 0 spiro atoms. The Morgan fingerprint density at radius 3 is 2.58 bits per heavy atom. The van der Waals surface area contributed by atoms with Crippen molar-refractivity contribution in [2.24, 2.45) is 5.92 Å². The number of rotatable bonds is 7. The maximum absolute atomic E-state index is 12.4. The van der Waals surface area contributed by atoms with Gasteiger partial charge in [0, 0.05) is 27.2 Å². The Morgan fingerprint density at radius 1 is 1.27 bits per heavy atom. The first-order chi connectivity index (χ1) is 12.4. The summed E-state index contributed by atoms with van der Waals surface area (Å²) in [5.74, 6) is -0.134. The molecule has 26 heavy (non-hydrogen) atoms. The molecule has 0 saturated carbocycles. The van der Waals surface area contributed by atoms with Gasteiger partial charge in [-0.25, -0.2) is 4.79 Å². The van der Waals surface area contributed by atoms with E-state index in [9.17, 15) is 15.0 Å². The lowest BCUT2D eigenvalue weighted by Crippen LogP contribution is -2.22. The number of aliphatic hydroxyl groups excluding tert-OH is 1. The Hall–Kier alpha value is -1.70. The molecular weight excluding hydrogens is 418 g/mol. The highest BCUT2D eigenvalue weighted by molar-refractivity contribution is 9.10. The van der Waals surface area contributed by atoms with E-state index in [0.717, 1.165) is 9.37 Å². The largest absolute Gasteiger partial charge is 0.508 e. The fourth-order valence-electron chi connectivity index (χ4n) is 2.53. The van der Waals surface area contributed by atoms with Crippen LogP contribution in [0.15, 0.2) is 51.8 Å². The van der Waals surface area contributed by atoms with E-state index in [1.165, 1.54) is 0 Å². The molecule has 0 bridgehead atoms. The van der Waals surface area contributed by atoms with Gasteiger partial charge in [-0.1, -0.05) is 22.9 Å². The summed E-state index contributed by atoms with van der Waals surface area (Å²) in [4.78, 5) is 13.5. The van der Waals surface area contributed by atoms with Crippen LogP contribution in [-0.2, 0) is 4.74 Å². The SMILES string of the molecule is CSc1ccc(NC(=O)O[C@@H](c2cc(Br)ccc2O)[C@H](C)CCO)cc1. The van der Waals surface area contributed by atoms with Gasteiger partial charge in [0.2, 0.25) is 0 Å². The molecule has 0 radical (unpaired) electrons. The predicted octanol–water partition coefficient (Wildman–Crippen LogP) is 5.18. The summed E-state index contributed by atoms with van der Waals surface area (Å²) >= 11 is 4.98. The summed E-state index contributed by atoms with van der Waals surface area (Å²) < 4.78 is 6.37. The van der Waals surface area contributed by atoms with Crippen LogP contribution in [0.4, 0.5) is 10.5 Å². The molecule has 5 nitrogen and oxygen atoms in total. The van der Waals surface area contributed by atoms with E-state index in [-0.39, 0.29) is 18.3 Å². The second-order valence-corrected chi connectivity index (χ2v) is 7.67. The van der Waals surface area contributed by atoms with Gasteiger partial charge in [0.25, 0.3) is 0 Å². The number of phenolic OH excluding ortho intramolecular Hbond substituents is 1. The number of aromatic hydroxyl groups is 1. The third-order valence-corrected chi connectivity index (χ3v) is 5.20. The summed E-state index contributed by atoms with van der Waals surface area (Å²) in [6.45, 7) is 1.83. The molecule has 0 aliphatic rings. The Bertz CT molecular complexity index is 739. The Labute approximate surface area is 165 Å². The highest BCUT2D eigenvalue weighted by Gasteiger charge is 2.26. The summed E-state index contributed by atoms with van der Waals surface area (Å²) in [6.07, 6.45) is 1.11. The van der Waals surface area contributed by atoms with Crippen molar-refractivity contribution in [3.05, 3.63) is 52.5 Å². The number of phenols is 1. The minimum absolute atomic E-state index is 0.0342. The van der Waals surface area contributed by atoms with E-state index in [1.807, 2.05) is 25.3 Å². The van der Waals surface area contributed by atoms with E-state index in [2.05, 4.69) is 21.2 Å². The van der Waals surface area contributed by atoms with E-state index in [4.69, 9.17) is 4.74 Å². The summed E-state index contributed by atoms with van der Waals surface area (Å²) in [7, 11) is 0. The molecule has 2 aromatic carbocycles. The van der Waals surface area contributed by atoms with Crippen molar-refractivity contribution in [3.63, 3.8) is 0 Å². The topological polar surface area (TPSA) is 78.8 Å². The minimum Gasteiger partial charge on any atom is -0.508 e. The first kappa shape index (κ1) is 20.6. The number of aliphatic hydroxyl groups is 1. The van der Waals surface area contributed by atoms with Crippen molar-refractivity contribution in [3.8, 4) is 5.75 Å². The van der Waals surface area contributed by atoms with Crippen LogP contribution in [0.2, 0.25) is 0 Å². The van der Waals surface area contributed by atoms with Gasteiger partial charge in [-0.2, -0.15) is 0 Å². The van der Waals surface area contributed by atoms with Gasteiger partial charge in [-0.15, -0.1) is 11.8 Å². The predicted molar refractivity (Wildman–Crippen MR) is 108 cm³/mol. The van der Waals surface area contributed by atoms with Crippen LogP contribution < -0.4 is 5.32 Å². The number of hydrogen-bond donors (Lipinski definition) is 3. The van der Waals surface area contributed by atoms with Gasteiger partial charge in [-0.05, 0) is 61.1 Å². The molecule has 0 fully saturated rings. The standard InChI is InChI=1S/C19H22BrNO4S/c1-12(9-10-22)18(16-11-13(20)3-8-17(16)23)25-19(24)21-14-4-6-15(26-2)7-5-14/h3-8,11-12,18,22-23H,9-10H2,1-2H3,(H,21,24)/t12-,18-/m1/s1.